The highest BCUT2D eigenvalue weighted by molar-refractivity contribution is 7.91. The van der Waals surface area contributed by atoms with Crippen LogP contribution in [0.2, 0.25) is 0 Å². The van der Waals surface area contributed by atoms with E-state index in [1.54, 1.807) is 6.92 Å². The topological polar surface area (TPSA) is 59.9 Å². The van der Waals surface area contributed by atoms with Crippen LogP contribution in [0.25, 0.3) is 0 Å². The van der Waals surface area contributed by atoms with Gasteiger partial charge in [-0.1, -0.05) is 0 Å². The second kappa shape index (κ2) is 4.23. The van der Waals surface area contributed by atoms with Crippen LogP contribution in [0.4, 0.5) is 0 Å². The largest absolute Gasteiger partial charge is 0.247 e. The van der Waals surface area contributed by atoms with Gasteiger partial charge in [-0.05, 0) is 19.4 Å². The molecule has 1 aromatic rings. The molecule has 0 unspecified atom stereocenters. The summed E-state index contributed by atoms with van der Waals surface area (Å²) in [6, 6.07) is 0. The molecule has 0 amide bonds. The molecule has 0 aromatic carbocycles. The molecular formula is C8H11ClN2O2S. The Kier molecular flexibility index (Phi) is 3.44. The smallest absolute Gasteiger partial charge is 0.227 e. The van der Waals surface area contributed by atoms with Crippen molar-refractivity contribution in [1.29, 1.82) is 0 Å². The van der Waals surface area contributed by atoms with Crippen LogP contribution in [0.3, 0.4) is 0 Å². The molecule has 6 heteroatoms. The molecule has 1 aromatic heterocycles. The average Bonchev–Trinajstić information content (AvgIpc) is 2.09. The molecule has 0 N–H and O–H groups in total. The minimum atomic E-state index is -3.40. The van der Waals surface area contributed by atoms with Gasteiger partial charge in [0, 0.05) is 17.8 Å². The quantitative estimate of drug-likeness (QED) is 0.581. The number of rotatable bonds is 3. The fourth-order valence-corrected chi connectivity index (χ4v) is 2.33. The molecule has 0 aliphatic rings. The van der Waals surface area contributed by atoms with Crippen molar-refractivity contribution >= 4 is 21.4 Å². The number of alkyl halides is 1. The van der Waals surface area contributed by atoms with Gasteiger partial charge in [0.25, 0.3) is 0 Å². The molecule has 78 valence electrons. The summed E-state index contributed by atoms with van der Waals surface area (Å²) in [4.78, 5) is 7.68. The Morgan fingerprint density at radius 1 is 1.43 bits per heavy atom. The summed E-state index contributed by atoms with van der Waals surface area (Å²) in [6.45, 7) is 3.57. The van der Waals surface area contributed by atoms with Crippen LogP contribution < -0.4 is 0 Å². The van der Waals surface area contributed by atoms with E-state index in [4.69, 9.17) is 11.6 Å². The molecule has 0 aliphatic carbocycles. The predicted molar refractivity (Wildman–Crippen MR) is 54.3 cm³/mol. The van der Waals surface area contributed by atoms with Gasteiger partial charge in [0.1, 0.15) is 0 Å². The van der Waals surface area contributed by atoms with Gasteiger partial charge in [-0.15, -0.1) is 11.6 Å². The van der Waals surface area contributed by atoms with Gasteiger partial charge in [-0.2, -0.15) is 0 Å². The number of nitrogens with zero attached hydrogens (tertiary/aromatic N) is 2. The van der Waals surface area contributed by atoms with E-state index in [0.29, 0.717) is 5.69 Å². The van der Waals surface area contributed by atoms with Crippen LogP contribution in [-0.4, -0.2) is 30.0 Å². The van der Waals surface area contributed by atoms with Gasteiger partial charge in [-0.25, -0.2) is 18.4 Å². The van der Waals surface area contributed by atoms with Gasteiger partial charge >= 0.3 is 0 Å². The van der Waals surface area contributed by atoms with Crippen molar-refractivity contribution in [2.45, 2.75) is 19.0 Å². The van der Waals surface area contributed by atoms with Crippen LogP contribution in [0.15, 0.2) is 11.4 Å². The molecule has 0 aliphatic heterocycles. The molecule has 0 fully saturated rings. The van der Waals surface area contributed by atoms with Gasteiger partial charge in [0.15, 0.2) is 0 Å². The van der Waals surface area contributed by atoms with Gasteiger partial charge < -0.3 is 0 Å². The standard InChI is InChI=1S/C8H11ClN2O2S/c1-6-5-10-8(11-7(6)2)14(12,13)4-3-9/h5H,3-4H2,1-2H3. The Morgan fingerprint density at radius 2 is 2.07 bits per heavy atom. The minimum absolute atomic E-state index is 0.0542. The highest BCUT2D eigenvalue weighted by Gasteiger charge is 2.17. The third kappa shape index (κ3) is 2.42. The van der Waals surface area contributed by atoms with Crippen molar-refractivity contribution in [3.63, 3.8) is 0 Å². The maximum Gasteiger partial charge on any atom is 0.247 e. The second-order valence-electron chi connectivity index (χ2n) is 2.93. The van der Waals surface area contributed by atoms with Crippen molar-refractivity contribution in [3.8, 4) is 0 Å². The van der Waals surface area contributed by atoms with E-state index in [1.165, 1.54) is 6.20 Å². The van der Waals surface area contributed by atoms with E-state index in [9.17, 15) is 8.42 Å². The minimum Gasteiger partial charge on any atom is -0.227 e. The number of sulfone groups is 1. The van der Waals surface area contributed by atoms with Crippen LogP contribution in [0.5, 0.6) is 0 Å². The zero-order valence-corrected chi connectivity index (χ0v) is 9.56. The predicted octanol–water partition coefficient (Wildman–Crippen LogP) is 1.11. The molecule has 4 nitrogen and oxygen atoms in total. The average molecular weight is 235 g/mol. The molecule has 1 rings (SSSR count). The number of aromatic nitrogens is 2. The molecule has 0 saturated heterocycles. The summed E-state index contributed by atoms with van der Waals surface area (Å²) >= 11 is 5.37. The lowest BCUT2D eigenvalue weighted by Crippen LogP contribution is -2.12. The van der Waals surface area contributed by atoms with Crippen LogP contribution in [-0.2, 0) is 9.84 Å². The maximum atomic E-state index is 11.5. The first-order valence-corrected chi connectivity index (χ1v) is 6.25. The van der Waals surface area contributed by atoms with Crippen molar-refractivity contribution < 1.29 is 8.42 Å². The van der Waals surface area contributed by atoms with Crippen LogP contribution >= 0.6 is 11.6 Å². The first-order chi connectivity index (χ1) is 6.47. The summed E-state index contributed by atoms with van der Waals surface area (Å²) in [5.74, 6) is -0.0737. The zero-order chi connectivity index (χ0) is 10.8. The molecule has 0 spiro atoms. The third-order valence-electron chi connectivity index (χ3n) is 1.83. The number of hydrogen-bond donors (Lipinski definition) is 0. The lowest BCUT2D eigenvalue weighted by atomic mass is 10.3. The van der Waals surface area contributed by atoms with Gasteiger partial charge in [-0.3, -0.25) is 0 Å². The Labute approximate surface area is 88.3 Å². The maximum absolute atomic E-state index is 11.5. The van der Waals surface area contributed by atoms with E-state index >= 15 is 0 Å². The second-order valence-corrected chi connectivity index (χ2v) is 5.31. The summed E-state index contributed by atoms with van der Waals surface area (Å²) in [5.41, 5.74) is 1.54. The Balaban J connectivity index is 3.15. The third-order valence-corrected chi connectivity index (χ3v) is 3.73. The van der Waals surface area contributed by atoms with Crippen molar-refractivity contribution in [2.24, 2.45) is 0 Å². The monoisotopic (exact) mass is 234 g/mol. The van der Waals surface area contributed by atoms with E-state index in [0.717, 1.165) is 5.56 Å². The van der Waals surface area contributed by atoms with Crippen LogP contribution in [0, 0.1) is 13.8 Å². The lowest BCUT2D eigenvalue weighted by Gasteiger charge is -2.02. The van der Waals surface area contributed by atoms with Crippen molar-refractivity contribution in [2.75, 3.05) is 11.6 Å². The first-order valence-electron chi connectivity index (χ1n) is 4.06. The molecule has 0 bridgehead atoms. The van der Waals surface area contributed by atoms with E-state index < -0.39 is 9.84 Å². The Morgan fingerprint density at radius 3 is 2.57 bits per heavy atom. The van der Waals surface area contributed by atoms with Crippen molar-refractivity contribution in [1.82, 2.24) is 9.97 Å². The van der Waals surface area contributed by atoms with Gasteiger partial charge in [0.05, 0.1) is 5.75 Å². The fraction of sp³-hybridized carbons (Fsp3) is 0.500. The molecule has 1 heterocycles. The number of halogens is 1. The highest BCUT2D eigenvalue weighted by Crippen LogP contribution is 2.08. The molecule has 0 atom stereocenters. The molecule has 0 saturated carbocycles. The summed E-state index contributed by atoms with van der Waals surface area (Å²) < 4.78 is 23.0. The summed E-state index contributed by atoms with van der Waals surface area (Å²) in [6.07, 6.45) is 1.50. The lowest BCUT2D eigenvalue weighted by molar-refractivity contribution is 0.587. The highest BCUT2D eigenvalue weighted by atomic mass is 35.5. The Bertz CT molecular complexity index is 431. The van der Waals surface area contributed by atoms with Crippen molar-refractivity contribution in [3.05, 3.63) is 17.5 Å². The normalized spacial score (nSPS) is 11.6. The van der Waals surface area contributed by atoms with E-state index in [2.05, 4.69) is 9.97 Å². The van der Waals surface area contributed by atoms with Gasteiger partial charge in [0.2, 0.25) is 15.0 Å². The number of aryl methyl sites for hydroxylation is 2. The first kappa shape index (κ1) is 11.4. The zero-order valence-electron chi connectivity index (χ0n) is 7.99. The number of hydrogen-bond acceptors (Lipinski definition) is 4. The molecule has 0 radical (unpaired) electrons. The molecule has 14 heavy (non-hydrogen) atoms. The fourth-order valence-electron chi connectivity index (χ4n) is 0.849. The van der Waals surface area contributed by atoms with E-state index in [-0.39, 0.29) is 16.8 Å². The molecular weight excluding hydrogens is 224 g/mol. The van der Waals surface area contributed by atoms with Crippen LogP contribution in [0.1, 0.15) is 11.3 Å². The SMILES string of the molecule is Cc1cnc(S(=O)(=O)CCCl)nc1C. The summed E-state index contributed by atoms with van der Waals surface area (Å²) in [5, 5.41) is -0.138. The Hall–Kier alpha value is -0.680. The summed E-state index contributed by atoms with van der Waals surface area (Å²) in [7, 11) is -3.40. The van der Waals surface area contributed by atoms with E-state index in [1.807, 2.05) is 6.92 Å².